The van der Waals surface area contributed by atoms with Crippen molar-refractivity contribution in [3.8, 4) is 22.6 Å². The van der Waals surface area contributed by atoms with Gasteiger partial charge in [0, 0.05) is 20.1 Å². The number of hydrogen-bond acceptors (Lipinski definition) is 8. The first-order valence-corrected chi connectivity index (χ1v) is 11.0. The van der Waals surface area contributed by atoms with E-state index < -0.39 is 30.0 Å². The Morgan fingerprint density at radius 1 is 0.714 bits per heavy atom. The van der Waals surface area contributed by atoms with E-state index in [-0.39, 0.29) is 90.7 Å². The van der Waals surface area contributed by atoms with Gasteiger partial charge in [0.25, 0.3) is 0 Å². The van der Waals surface area contributed by atoms with Gasteiger partial charge in [-0.05, 0) is 56.1 Å². The Balaban J connectivity index is 0.00000364. The molecule has 0 aromatic heterocycles. The van der Waals surface area contributed by atoms with Gasteiger partial charge in [-0.25, -0.2) is 16.8 Å². The summed E-state index contributed by atoms with van der Waals surface area (Å²) in [5.74, 6) is -0.631. The Morgan fingerprint density at radius 3 is 1.21 bits per heavy atom. The summed E-state index contributed by atoms with van der Waals surface area (Å²) in [7, 11) is -7.55. The van der Waals surface area contributed by atoms with Crippen LogP contribution in [0.15, 0.2) is 43.0 Å². The van der Waals surface area contributed by atoms with Crippen LogP contribution in [0.1, 0.15) is 0 Å². The van der Waals surface area contributed by atoms with Crippen LogP contribution in [0.3, 0.4) is 0 Å². The predicted octanol–water partition coefficient (Wildman–Crippen LogP) is -3.29. The Kier molecular flexibility index (Phi) is 11.2. The average molecular weight is 576 g/mol. The monoisotopic (exact) mass is 574 g/mol. The molecule has 0 atom stereocenters. The van der Waals surface area contributed by atoms with E-state index in [0.717, 1.165) is 14.2 Å². The van der Waals surface area contributed by atoms with Crippen molar-refractivity contribution in [3.63, 3.8) is 0 Å². The van der Waals surface area contributed by atoms with Crippen molar-refractivity contribution in [1.29, 1.82) is 0 Å². The summed E-state index contributed by atoms with van der Waals surface area (Å²) in [6.45, 7) is 0. The zero-order valence-electron chi connectivity index (χ0n) is 15.1. The summed E-state index contributed by atoms with van der Waals surface area (Å²) in [6.07, 6.45) is 0. The fraction of sp³-hybridized carbons (Fsp3) is 0.143. The maximum absolute atomic E-state index is 11.6. The van der Waals surface area contributed by atoms with Crippen LogP contribution in [0.2, 0.25) is 0 Å². The molecule has 2 aromatic rings. The zero-order valence-corrected chi connectivity index (χ0v) is 24.0. The predicted molar refractivity (Wildman–Crippen MR) is 96.3 cm³/mol. The molecule has 0 heterocycles. The molecule has 0 fully saturated rings. The second-order valence-electron chi connectivity index (χ2n) is 4.82. The molecule has 0 saturated heterocycles. The third-order valence-electron chi connectivity index (χ3n) is 3.33. The van der Waals surface area contributed by atoms with Crippen molar-refractivity contribution < 1.29 is 94.5 Å². The first kappa shape index (κ1) is 28.8. The van der Waals surface area contributed by atoms with Crippen LogP contribution in [0.25, 0.3) is 11.1 Å². The van der Waals surface area contributed by atoms with Crippen molar-refractivity contribution >= 4 is 52.1 Å². The molecule has 14 heteroatoms. The minimum Gasteiger partial charge on any atom is -0.744 e. The van der Waals surface area contributed by atoms with Gasteiger partial charge in [0.1, 0.15) is 41.5 Å². The molecule has 0 aliphatic rings. The Morgan fingerprint density at radius 2 is 1.00 bits per heavy atom. The Hall–Kier alpha value is 0.820. The van der Waals surface area contributed by atoms with Gasteiger partial charge in [-0.2, -0.15) is 0 Å². The molecule has 0 aliphatic heterocycles. The topological polar surface area (TPSA) is 133 Å². The Labute approximate surface area is 223 Å². The molecule has 0 amide bonds. The smallest absolute Gasteiger partial charge is 0.744 e. The summed E-state index contributed by atoms with van der Waals surface area (Å²) >= 11 is 5.96. The average Bonchev–Trinajstić information content (AvgIpc) is 2.51. The first-order chi connectivity index (χ1) is 11.9. The van der Waals surface area contributed by atoms with Gasteiger partial charge in [-0.3, -0.25) is 0 Å². The van der Waals surface area contributed by atoms with E-state index in [0.29, 0.717) is 0 Å². The van der Waals surface area contributed by atoms with Gasteiger partial charge in [0.2, 0.25) is 0 Å². The molecule has 0 unspecified atom stereocenters. The third-order valence-corrected chi connectivity index (χ3v) is 6.98. The molecule has 0 radical (unpaired) electrons. The summed E-state index contributed by atoms with van der Waals surface area (Å²) in [6, 6.07) is 5.36. The molecular formula is C14H10Br2Na2O8S2. The minimum absolute atomic E-state index is 0. The van der Waals surface area contributed by atoms with E-state index in [1.165, 1.54) is 24.3 Å². The molecule has 2 rings (SSSR count). The fourth-order valence-corrected chi connectivity index (χ4v) is 5.64. The summed E-state index contributed by atoms with van der Waals surface area (Å²) in [5, 5.41) is 0. The van der Waals surface area contributed by atoms with Crippen molar-refractivity contribution in [2.24, 2.45) is 0 Å². The van der Waals surface area contributed by atoms with Gasteiger partial charge in [0.15, 0.2) is 0 Å². The summed E-state index contributed by atoms with van der Waals surface area (Å²) in [5.41, 5.74) is 0.110. The van der Waals surface area contributed by atoms with Crippen molar-refractivity contribution in [3.05, 3.63) is 33.2 Å². The van der Waals surface area contributed by atoms with Crippen molar-refractivity contribution in [2.45, 2.75) is 9.79 Å². The van der Waals surface area contributed by atoms with Gasteiger partial charge < -0.3 is 18.6 Å². The van der Waals surface area contributed by atoms with Gasteiger partial charge >= 0.3 is 59.1 Å². The molecular weight excluding hydrogens is 566 g/mol. The third kappa shape index (κ3) is 5.95. The maximum Gasteiger partial charge on any atom is 1.00 e. The molecule has 8 nitrogen and oxygen atoms in total. The Bertz CT molecular complexity index is 1000. The molecule has 0 aliphatic carbocycles. The van der Waals surface area contributed by atoms with Crippen molar-refractivity contribution in [1.82, 2.24) is 0 Å². The van der Waals surface area contributed by atoms with Crippen LogP contribution >= 0.6 is 31.9 Å². The van der Waals surface area contributed by atoms with E-state index in [9.17, 15) is 25.9 Å². The van der Waals surface area contributed by atoms with E-state index in [1.807, 2.05) is 0 Å². The van der Waals surface area contributed by atoms with Crippen LogP contribution in [0.5, 0.6) is 11.5 Å². The van der Waals surface area contributed by atoms with E-state index in [4.69, 9.17) is 9.47 Å². The van der Waals surface area contributed by atoms with Gasteiger partial charge in [0.05, 0.1) is 14.2 Å². The van der Waals surface area contributed by atoms with E-state index in [2.05, 4.69) is 31.9 Å². The largest absolute Gasteiger partial charge is 1.00 e. The van der Waals surface area contributed by atoms with Crippen LogP contribution in [0.4, 0.5) is 0 Å². The molecule has 142 valence electrons. The quantitative estimate of drug-likeness (QED) is 0.268. The van der Waals surface area contributed by atoms with E-state index >= 15 is 0 Å². The summed E-state index contributed by atoms with van der Waals surface area (Å²) in [4.78, 5) is -1.32. The molecule has 2 aromatic carbocycles. The summed E-state index contributed by atoms with van der Waals surface area (Å²) < 4.78 is 79.7. The SMILES string of the molecule is COc1c(-c2ccc(Br)c(S(=O)(=O)[O-])c2OC)ccc(Br)c1S(=O)(=O)[O-].[Na+].[Na+]. The minimum atomic E-state index is -4.92. The van der Waals surface area contributed by atoms with Gasteiger partial charge in [-0.1, -0.05) is 0 Å². The van der Waals surface area contributed by atoms with Crippen LogP contribution in [-0.2, 0) is 20.2 Å². The molecule has 0 spiro atoms. The molecule has 0 N–H and O–H groups in total. The standard InChI is InChI=1S/C14H12Br2O8S2.2Na/c1-23-11-7(3-5-9(15)13(11)25(17,18)19)8-4-6-10(16)14(12(8)24-2)26(20,21)22;;/h3-6H,1-2H3,(H,17,18,19)(H,20,21,22);;/q;2*+1/p-2. The maximum atomic E-state index is 11.6. The molecule has 0 saturated carbocycles. The number of methoxy groups -OCH3 is 2. The number of benzene rings is 2. The first-order valence-electron chi connectivity index (χ1n) is 6.58. The van der Waals surface area contributed by atoms with Crippen LogP contribution < -0.4 is 68.6 Å². The molecule has 0 bridgehead atoms. The number of halogens is 2. The second-order valence-corrected chi connectivity index (χ2v) is 9.16. The fourth-order valence-electron chi connectivity index (χ4n) is 2.37. The number of hydrogen-bond donors (Lipinski definition) is 0. The normalized spacial score (nSPS) is 11.2. The van der Waals surface area contributed by atoms with Crippen LogP contribution in [-0.4, -0.2) is 40.2 Å². The molecule has 28 heavy (non-hydrogen) atoms. The number of rotatable bonds is 5. The zero-order chi connectivity index (χ0) is 19.9. The van der Waals surface area contributed by atoms with Gasteiger partial charge in [-0.15, -0.1) is 0 Å². The van der Waals surface area contributed by atoms with Crippen molar-refractivity contribution in [2.75, 3.05) is 14.2 Å². The second kappa shape index (κ2) is 10.9. The van der Waals surface area contributed by atoms with E-state index in [1.54, 1.807) is 0 Å². The number of ether oxygens (including phenoxy) is 2. The van der Waals surface area contributed by atoms with Crippen LogP contribution in [0, 0.1) is 0 Å².